The van der Waals surface area contributed by atoms with Gasteiger partial charge in [0.2, 0.25) is 0 Å². The summed E-state index contributed by atoms with van der Waals surface area (Å²) in [6, 6.07) is 8.99. The van der Waals surface area contributed by atoms with Crippen molar-refractivity contribution in [2.75, 3.05) is 10.7 Å². The standard InChI is InChI=1S/C12H11FN4O/c13-9-3-1-2-4-10(9)16-12(18)11-7-8(17-14)5-6-15-11/h1-7H,14H2,(H,15,17)(H,16,18). The summed E-state index contributed by atoms with van der Waals surface area (Å²) in [6.07, 6.45) is 1.44. The van der Waals surface area contributed by atoms with Gasteiger partial charge in [0.15, 0.2) is 0 Å². The summed E-state index contributed by atoms with van der Waals surface area (Å²) in [6.45, 7) is 0. The van der Waals surface area contributed by atoms with E-state index in [1.54, 1.807) is 18.2 Å². The van der Waals surface area contributed by atoms with Crippen molar-refractivity contribution in [3.8, 4) is 0 Å². The largest absolute Gasteiger partial charge is 0.324 e. The molecule has 0 aliphatic rings. The summed E-state index contributed by atoms with van der Waals surface area (Å²) >= 11 is 0. The quantitative estimate of drug-likeness (QED) is 0.569. The number of hydrazine groups is 1. The Bertz CT molecular complexity index is 574. The van der Waals surface area contributed by atoms with E-state index in [-0.39, 0.29) is 11.4 Å². The van der Waals surface area contributed by atoms with Crippen molar-refractivity contribution >= 4 is 17.3 Å². The number of para-hydroxylation sites is 1. The van der Waals surface area contributed by atoms with Crippen LogP contribution in [0.25, 0.3) is 0 Å². The third kappa shape index (κ3) is 2.61. The molecule has 1 aromatic heterocycles. The van der Waals surface area contributed by atoms with Crippen LogP contribution in [0.3, 0.4) is 0 Å². The van der Waals surface area contributed by atoms with Crippen LogP contribution in [0.1, 0.15) is 10.5 Å². The molecule has 1 heterocycles. The van der Waals surface area contributed by atoms with E-state index in [0.29, 0.717) is 5.69 Å². The summed E-state index contributed by atoms with van der Waals surface area (Å²) in [5, 5.41) is 2.43. The lowest BCUT2D eigenvalue weighted by molar-refractivity contribution is 0.102. The van der Waals surface area contributed by atoms with E-state index in [4.69, 9.17) is 5.84 Å². The number of amides is 1. The van der Waals surface area contributed by atoms with Crippen LogP contribution in [0, 0.1) is 5.82 Å². The maximum atomic E-state index is 13.3. The van der Waals surface area contributed by atoms with Crippen LogP contribution < -0.4 is 16.6 Å². The molecule has 0 saturated carbocycles. The third-order valence-corrected chi connectivity index (χ3v) is 2.28. The second-order valence-corrected chi connectivity index (χ2v) is 3.51. The topological polar surface area (TPSA) is 80.0 Å². The fraction of sp³-hybridized carbons (Fsp3) is 0. The van der Waals surface area contributed by atoms with Gasteiger partial charge >= 0.3 is 0 Å². The number of halogens is 1. The molecule has 0 unspecified atom stereocenters. The second kappa shape index (κ2) is 5.24. The lowest BCUT2D eigenvalue weighted by atomic mass is 10.2. The van der Waals surface area contributed by atoms with Crippen LogP contribution in [-0.2, 0) is 0 Å². The number of hydrogen-bond acceptors (Lipinski definition) is 4. The minimum absolute atomic E-state index is 0.107. The zero-order valence-electron chi connectivity index (χ0n) is 9.35. The second-order valence-electron chi connectivity index (χ2n) is 3.51. The predicted molar refractivity (Wildman–Crippen MR) is 66.4 cm³/mol. The number of pyridine rings is 1. The average molecular weight is 246 g/mol. The maximum absolute atomic E-state index is 13.3. The summed E-state index contributed by atoms with van der Waals surface area (Å²) in [5.41, 5.74) is 3.20. The molecular weight excluding hydrogens is 235 g/mol. The zero-order chi connectivity index (χ0) is 13.0. The molecule has 0 aliphatic carbocycles. The van der Waals surface area contributed by atoms with E-state index in [1.807, 2.05) is 0 Å². The first kappa shape index (κ1) is 12.0. The number of nitrogens with one attached hydrogen (secondary N) is 2. The number of benzene rings is 1. The number of carbonyl (C=O) groups excluding carboxylic acids is 1. The van der Waals surface area contributed by atoms with E-state index in [9.17, 15) is 9.18 Å². The van der Waals surface area contributed by atoms with Gasteiger partial charge in [-0.15, -0.1) is 0 Å². The van der Waals surface area contributed by atoms with Crippen LogP contribution in [0.5, 0.6) is 0 Å². The molecule has 4 N–H and O–H groups in total. The van der Waals surface area contributed by atoms with Crippen LogP contribution >= 0.6 is 0 Å². The predicted octanol–water partition coefficient (Wildman–Crippen LogP) is 1.76. The van der Waals surface area contributed by atoms with Gasteiger partial charge in [-0.1, -0.05) is 12.1 Å². The smallest absolute Gasteiger partial charge is 0.274 e. The Kier molecular flexibility index (Phi) is 3.49. The SMILES string of the molecule is NNc1ccnc(C(=O)Nc2ccccc2F)c1. The minimum atomic E-state index is -0.503. The molecule has 0 bridgehead atoms. The average Bonchev–Trinajstić information content (AvgIpc) is 2.41. The number of rotatable bonds is 3. The molecule has 18 heavy (non-hydrogen) atoms. The van der Waals surface area contributed by atoms with Crippen LogP contribution in [0.4, 0.5) is 15.8 Å². The van der Waals surface area contributed by atoms with Gasteiger partial charge < -0.3 is 10.7 Å². The zero-order valence-corrected chi connectivity index (χ0v) is 9.35. The fourth-order valence-electron chi connectivity index (χ4n) is 1.39. The van der Waals surface area contributed by atoms with Crippen molar-refractivity contribution in [2.24, 2.45) is 5.84 Å². The van der Waals surface area contributed by atoms with Gasteiger partial charge in [0, 0.05) is 6.20 Å². The van der Waals surface area contributed by atoms with Crippen LogP contribution in [0.15, 0.2) is 42.6 Å². The van der Waals surface area contributed by atoms with E-state index in [2.05, 4.69) is 15.7 Å². The highest BCUT2D eigenvalue weighted by Crippen LogP contribution is 2.14. The lowest BCUT2D eigenvalue weighted by Gasteiger charge is -2.06. The monoisotopic (exact) mass is 246 g/mol. The van der Waals surface area contributed by atoms with E-state index < -0.39 is 11.7 Å². The summed E-state index contributed by atoms with van der Waals surface area (Å²) in [5.74, 6) is 4.22. The molecule has 0 saturated heterocycles. The number of nitrogens with zero attached hydrogens (tertiary/aromatic N) is 1. The first-order valence-electron chi connectivity index (χ1n) is 5.19. The minimum Gasteiger partial charge on any atom is -0.324 e. The van der Waals surface area contributed by atoms with E-state index >= 15 is 0 Å². The first-order valence-corrected chi connectivity index (χ1v) is 5.19. The molecule has 2 rings (SSSR count). The van der Waals surface area contributed by atoms with Gasteiger partial charge in [-0.05, 0) is 24.3 Å². The number of nitrogen functional groups attached to an aromatic ring is 1. The Morgan fingerprint density at radius 1 is 1.28 bits per heavy atom. The molecular formula is C12H11FN4O. The Morgan fingerprint density at radius 2 is 2.06 bits per heavy atom. The van der Waals surface area contributed by atoms with Crippen molar-refractivity contribution in [3.63, 3.8) is 0 Å². The molecule has 0 fully saturated rings. The Balaban J connectivity index is 2.19. The number of anilines is 2. The summed E-state index contributed by atoms with van der Waals surface area (Å²) in [4.78, 5) is 15.7. The number of nitrogens with two attached hydrogens (primary N) is 1. The lowest BCUT2D eigenvalue weighted by Crippen LogP contribution is -2.15. The highest BCUT2D eigenvalue weighted by atomic mass is 19.1. The molecule has 0 radical (unpaired) electrons. The van der Waals surface area contributed by atoms with Crippen molar-refractivity contribution in [3.05, 3.63) is 54.1 Å². The molecule has 0 aliphatic heterocycles. The van der Waals surface area contributed by atoms with Crippen molar-refractivity contribution in [1.82, 2.24) is 4.98 Å². The van der Waals surface area contributed by atoms with Gasteiger partial charge in [-0.2, -0.15) is 0 Å². The summed E-state index contributed by atoms with van der Waals surface area (Å²) in [7, 11) is 0. The van der Waals surface area contributed by atoms with E-state index in [1.165, 1.54) is 24.4 Å². The van der Waals surface area contributed by atoms with Gasteiger partial charge in [0.05, 0.1) is 11.4 Å². The van der Waals surface area contributed by atoms with Gasteiger partial charge in [0.25, 0.3) is 5.91 Å². The molecule has 5 nitrogen and oxygen atoms in total. The number of carbonyl (C=O) groups is 1. The Labute approximate surface area is 103 Å². The normalized spacial score (nSPS) is 9.89. The summed E-state index contributed by atoms with van der Waals surface area (Å²) < 4.78 is 13.3. The van der Waals surface area contributed by atoms with Crippen molar-refractivity contribution in [2.45, 2.75) is 0 Å². The van der Waals surface area contributed by atoms with Crippen LogP contribution in [-0.4, -0.2) is 10.9 Å². The molecule has 2 aromatic rings. The molecule has 0 spiro atoms. The highest BCUT2D eigenvalue weighted by molar-refractivity contribution is 6.03. The van der Waals surface area contributed by atoms with Gasteiger partial charge in [-0.3, -0.25) is 15.6 Å². The molecule has 92 valence electrons. The fourth-order valence-corrected chi connectivity index (χ4v) is 1.39. The highest BCUT2D eigenvalue weighted by Gasteiger charge is 2.10. The van der Waals surface area contributed by atoms with E-state index in [0.717, 1.165) is 0 Å². The van der Waals surface area contributed by atoms with Crippen molar-refractivity contribution < 1.29 is 9.18 Å². The molecule has 1 amide bonds. The number of hydrogen-bond donors (Lipinski definition) is 3. The van der Waals surface area contributed by atoms with Gasteiger partial charge in [0.1, 0.15) is 11.5 Å². The molecule has 0 atom stereocenters. The maximum Gasteiger partial charge on any atom is 0.274 e. The molecule has 6 heteroatoms. The van der Waals surface area contributed by atoms with Crippen molar-refractivity contribution in [1.29, 1.82) is 0 Å². The number of aromatic nitrogens is 1. The Hall–Kier alpha value is -2.47. The first-order chi connectivity index (χ1) is 8.70. The van der Waals surface area contributed by atoms with Gasteiger partial charge in [-0.25, -0.2) is 4.39 Å². The third-order valence-electron chi connectivity index (χ3n) is 2.28. The van der Waals surface area contributed by atoms with Crippen LogP contribution in [0.2, 0.25) is 0 Å². The Morgan fingerprint density at radius 3 is 2.78 bits per heavy atom. The molecule has 1 aromatic carbocycles.